The number of rotatable bonds is 6. The molecular weight excluding hydrogens is 390 g/mol. The van der Waals surface area contributed by atoms with Crippen LogP contribution in [0.1, 0.15) is 32.1 Å². The van der Waals surface area contributed by atoms with E-state index in [9.17, 15) is 9.59 Å². The molecule has 0 bridgehead atoms. The van der Waals surface area contributed by atoms with E-state index in [0.29, 0.717) is 27.6 Å². The van der Waals surface area contributed by atoms with Crippen LogP contribution >= 0.6 is 11.8 Å². The Morgan fingerprint density at radius 1 is 1.31 bits per heavy atom. The van der Waals surface area contributed by atoms with Gasteiger partial charge in [0.25, 0.3) is 5.56 Å². The van der Waals surface area contributed by atoms with E-state index in [4.69, 9.17) is 4.74 Å². The van der Waals surface area contributed by atoms with Crippen molar-refractivity contribution in [3.8, 4) is 11.4 Å². The van der Waals surface area contributed by atoms with Crippen LogP contribution < -0.4 is 15.6 Å². The van der Waals surface area contributed by atoms with E-state index in [1.807, 2.05) is 24.3 Å². The number of methoxy groups -OCH3 is 1. The Morgan fingerprint density at radius 2 is 2.10 bits per heavy atom. The number of hydrogen-bond acceptors (Lipinski definition) is 6. The number of aromatic amines is 1. The molecule has 0 unspecified atom stereocenters. The van der Waals surface area contributed by atoms with Crippen molar-refractivity contribution < 1.29 is 9.53 Å². The highest BCUT2D eigenvalue weighted by Gasteiger charge is 2.17. The van der Waals surface area contributed by atoms with Crippen molar-refractivity contribution in [2.24, 2.45) is 0 Å². The lowest BCUT2D eigenvalue weighted by atomic mass is 9.95. The standard InChI is InChI=1S/C20H23N5O3S/c1-28-16-10-6-5-9-15(16)25-18-14(11-21-25)19(27)24-20(23-18)29-12-17(26)22-13-7-3-2-4-8-13/h5-6,9-11,13H,2-4,7-8,12H2,1H3,(H,22,26)(H,23,24,27). The maximum atomic E-state index is 12.5. The number of nitrogens with one attached hydrogen (secondary N) is 2. The number of amides is 1. The van der Waals surface area contributed by atoms with Crippen molar-refractivity contribution in [1.82, 2.24) is 25.1 Å². The molecule has 2 heterocycles. The van der Waals surface area contributed by atoms with Crippen LogP contribution in [0.2, 0.25) is 0 Å². The molecule has 29 heavy (non-hydrogen) atoms. The molecule has 0 radical (unpaired) electrons. The van der Waals surface area contributed by atoms with Gasteiger partial charge in [0.1, 0.15) is 16.8 Å². The highest BCUT2D eigenvalue weighted by atomic mass is 32.2. The number of ether oxygens (including phenoxy) is 1. The van der Waals surface area contributed by atoms with Crippen LogP contribution in [-0.4, -0.2) is 44.6 Å². The molecule has 9 heteroatoms. The van der Waals surface area contributed by atoms with Crippen molar-refractivity contribution >= 4 is 28.7 Å². The average molecular weight is 414 g/mol. The van der Waals surface area contributed by atoms with Gasteiger partial charge in [0.15, 0.2) is 10.8 Å². The quantitative estimate of drug-likeness (QED) is 0.476. The van der Waals surface area contributed by atoms with Gasteiger partial charge in [-0.1, -0.05) is 43.2 Å². The van der Waals surface area contributed by atoms with Crippen molar-refractivity contribution in [2.75, 3.05) is 12.9 Å². The van der Waals surface area contributed by atoms with Gasteiger partial charge in [-0.3, -0.25) is 9.59 Å². The lowest BCUT2D eigenvalue weighted by molar-refractivity contribution is -0.119. The van der Waals surface area contributed by atoms with Gasteiger partial charge < -0.3 is 15.0 Å². The molecule has 1 fully saturated rings. The second-order valence-corrected chi connectivity index (χ2v) is 7.99. The van der Waals surface area contributed by atoms with Crippen molar-refractivity contribution in [2.45, 2.75) is 43.3 Å². The highest BCUT2D eigenvalue weighted by Crippen LogP contribution is 2.25. The van der Waals surface area contributed by atoms with Gasteiger partial charge in [-0.25, -0.2) is 9.67 Å². The molecule has 8 nitrogen and oxygen atoms in total. The number of thioether (sulfide) groups is 1. The Hall–Kier alpha value is -2.81. The maximum Gasteiger partial charge on any atom is 0.262 e. The van der Waals surface area contributed by atoms with Crippen molar-refractivity contribution in [1.29, 1.82) is 0 Å². The number of benzene rings is 1. The Balaban J connectivity index is 1.55. The van der Waals surface area contributed by atoms with Gasteiger partial charge in [-0.05, 0) is 25.0 Å². The van der Waals surface area contributed by atoms with E-state index in [2.05, 4.69) is 20.4 Å². The highest BCUT2D eigenvalue weighted by molar-refractivity contribution is 7.99. The summed E-state index contributed by atoms with van der Waals surface area (Å²) < 4.78 is 6.98. The predicted octanol–water partition coefficient (Wildman–Crippen LogP) is 2.66. The van der Waals surface area contributed by atoms with Gasteiger partial charge in [-0.2, -0.15) is 5.10 Å². The Kier molecular flexibility index (Phi) is 5.84. The second-order valence-electron chi connectivity index (χ2n) is 7.03. The third-order valence-electron chi connectivity index (χ3n) is 5.04. The summed E-state index contributed by atoms with van der Waals surface area (Å²) in [6, 6.07) is 7.66. The normalized spacial score (nSPS) is 14.8. The van der Waals surface area contributed by atoms with Crippen molar-refractivity contribution in [3.63, 3.8) is 0 Å². The molecule has 3 aromatic rings. The molecule has 152 valence electrons. The average Bonchev–Trinajstić information content (AvgIpc) is 3.17. The number of hydrogen-bond donors (Lipinski definition) is 2. The molecule has 1 aromatic carbocycles. The summed E-state index contributed by atoms with van der Waals surface area (Å²) in [5.74, 6) is 0.789. The molecule has 1 aliphatic rings. The summed E-state index contributed by atoms with van der Waals surface area (Å²) in [5.41, 5.74) is 0.828. The van der Waals surface area contributed by atoms with Crippen LogP contribution in [-0.2, 0) is 4.79 Å². The zero-order valence-corrected chi connectivity index (χ0v) is 17.0. The number of carbonyl (C=O) groups is 1. The fraction of sp³-hybridized carbons (Fsp3) is 0.400. The largest absolute Gasteiger partial charge is 0.494 e. The van der Waals surface area contributed by atoms with E-state index in [1.54, 1.807) is 11.8 Å². The summed E-state index contributed by atoms with van der Waals surface area (Å²) in [7, 11) is 1.58. The van der Waals surface area contributed by atoms with Crippen molar-refractivity contribution in [3.05, 3.63) is 40.8 Å². The molecule has 1 amide bonds. The van der Waals surface area contributed by atoms with Gasteiger partial charge in [0.05, 0.1) is 19.1 Å². The molecule has 1 saturated carbocycles. The Labute approximate surface area is 172 Å². The molecule has 0 aliphatic heterocycles. The van der Waals surface area contributed by atoms with Gasteiger partial charge in [-0.15, -0.1) is 0 Å². The van der Waals surface area contributed by atoms with E-state index >= 15 is 0 Å². The molecule has 4 rings (SSSR count). The van der Waals surface area contributed by atoms with E-state index in [0.717, 1.165) is 25.7 Å². The zero-order valence-electron chi connectivity index (χ0n) is 16.2. The van der Waals surface area contributed by atoms with E-state index in [1.165, 1.54) is 24.4 Å². The van der Waals surface area contributed by atoms with Crippen LogP contribution in [0.3, 0.4) is 0 Å². The first-order valence-electron chi connectivity index (χ1n) is 9.69. The lowest BCUT2D eigenvalue weighted by Crippen LogP contribution is -2.37. The number of carbonyl (C=O) groups excluding carboxylic acids is 1. The third-order valence-corrected chi connectivity index (χ3v) is 5.91. The summed E-state index contributed by atoms with van der Waals surface area (Å²) in [6.45, 7) is 0. The minimum atomic E-state index is -0.286. The smallest absolute Gasteiger partial charge is 0.262 e. The van der Waals surface area contributed by atoms with Crippen LogP contribution in [0.15, 0.2) is 40.4 Å². The monoisotopic (exact) mass is 413 g/mol. The summed E-state index contributed by atoms with van der Waals surface area (Å²) in [6.07, 6.45) is 7.13. The number of para-hydroxylation sites is 2. The first-order chi connectivity index (χ1) is 14.2. The fourth-order valence-corrected chi connectivity index (χ4v) is 4.26. The number of H-pyrrole nitrogens is 1. The second kappa shape index (κ2) is 8.69. The minimum Gasteiger partial charge on any atom is -0.494 e. The van der Waals surface area contributed by atoms with Crippen LogP contribution in [0.5, 0.6) is 5.75 Å². The first-order valence-corrected chi connectivity index (χ1v) is 10.7. The van der Waals surface area contributed by atoms with Crippen LogP contribution in [0, 0.1) is 0 Å². The topological polar surface area (TPSA) is 102 Å². The molecule has 0 spiro atoms. The van der Waals surface area contributed by atoms with Gasteiger partial charge >= 0.3 is 0 Å². The molecule has 0 saturated heterocycles. The Morgan fingerprint density at radius 3 is 2.90 bits per heavy atom. The number of fused-ring (bicyclic) bond motifs is 1. The fourth-order valence-electron chi connectivity index (χ4n) is 3.60. The number of aromatic nitrogens is 4. The summed E-state index contributed by atoms with van der Waals surface area (Å²) in [4.78, 5) is 32.0. The molecule has 0 atom stereocenters. The molecule has 2 aromatic heterocycles. The SMILES string of the molecule is COc1ccccc1-n1ncc2c(=O)[nH]c(SCC(=O)NC3CCCCC3)nc21. The zero-order chi connectivity index (χ0) is 20.2. The maximum absolute atomic E-state index is 12.5. The summed E-state index contributed by atoms with van der Waals surface area (Å²) >= 11 is 1.21. The first kappa shape index (κ1) is 19.5. The molecular formula is C20H23N5O3S. The third kappa shape index (κ3) is 4.29. The summed E-state index contributed by atoms with van der Waals surface area (Å²) in [5, 5.41) is 8.16. The van der Waals surface area contributed by atoms with Gasteiger partial charge in [0.2, 0.25) is 5.91 Å². The lowest BCUT2D eigenvalue weighted by Gasteiger charge is -2.22. The van der Waals surface area contributed by atoms with Crippen LogP contribution in [0.25, 0.3) is 16.7 Å². The molecule has 2 N–H and O–H groups in total. The van der Waals surface area contributed by atoms with Crippen LogP contribution in [0.4, 0.5) is 0 Å². The minimum absolute atomic E-state index is 0.0390. The van der Waals surface area contributed by atoms with E-state index in [-0.39, 0.29) is 23.3 Å². The van der Waals surface area contributed by atoms with E-state index < -0.39 is 0 Å². The van der Waals surface area contributed by atoms with Gasteiger partial charge in [0, 0.05) is 6.04 Å². The Bertz CT molecular complexity index is 1070. The number of nitrogens with zero attached hydrogens (tertiary/aromatic N) is 3. The molecule has 1 aliphatic carbocycles. The predicted molar refractivity (Wildman–Crippen MR) is 112 cm³/mol.